The normalized spacial score (nSPS) is 24.6. The minimum Gasteiger partial charge on any atom is -0.379 e. The molecule has 2 rings (SSSR count). The van der Waals surface area contributed by atoms with Gasteiger partial charge >= 0.3 is 0 Å². The molecule has 16 heavy (non-hydrogen) atoms. The van der Waals surface area contributed by atoms with Crippen molar-refractivity contribution in [2.45, 2.75) is 25.4 Å². The molecular weight excluding hydrogens is 208 g/mol. The van der Waals surface area contributed by atoms with Crippen molar-refractivity contribution in [2.75, 3.05) is 18.5 Å². The van der Waals surface area contributed by atoms with Crippen LogP contribution in [0.25, 0.3) is 0 Å². The number of carbonyl (C=O) groups excluding carboxylic acids is 1. The number of ether oxygens (including phenoxy) is 1. The lowest BCUT2D eigenvalue weighted by atomic mass is 9.99. The van der Waals surface area contributed by atoms with Crippen LogP contribution < -0.4 is 11.1 Å². The maximum absolute atomic E-state index is 11.9. The van der Waals surface area contributed by atoms with E-state index >= 15 is 0 Å². The van der Waals surface area contributed by atoms with E-state index in [2.05, 4.69) is 10.4 Å². The Bertz CT molecular complexity index is 382. The Morgan fingerprint density at radius 3 is 3.19 bits per heavy atom. The molecule has 2 heterocycles. The molecule has 1 atom stereocenters. The van der Waals surface area contributed by atoms with Crippen LogP contribution in [0.1, 0.15) is 13.3 Å². The van der Waals surface area contributed by atoms with E-state index < -0.39 is 5.54 Å². The average Bonchev–Trinajstić information content (AvgIpc) is 2.88. The van der Waals surface area contributed by atoms with Crippen LogP contribution in [-0.4, -0.2) is 34.4 Å². The molecule has 0 radical (unpaired) electrons. The summed E-state index contributed by atoms with van der Waals surface area (Å²) in [7, 11) is 0. The number of amides is 1. The van der Waals surface area contributed by atoms with Crippen molar-refractivity contribution in [1.29, 1.82) is 0 Å². The molecule has 1 aromatic heterocycles. The number of nitrogens with zero attached hydrogens (tertiary/aromatic N) is 2. The standard InChI is InChI=1S/C10H16N4O2/c1-2-14-6-8(5-12-14)13-9(15)10(11)3-4-16-7-10/h5-6H,2-4,7,11H2,1H3,(H,13,15). The van der Waals surface area contributed by atoms with Crippen molar-refractivity contribution in [3.63, 3.8) is 0 Å². The van der Waals surface area contributed by atoms with Gasteiger partial charge in [0.25, 0.3) is 0 Å². The smallest absolute Gasteiger partial charge is 0.247 e. The first-order valence-electron chi connectivity index (χ1n) is 5.34. The van der Waals surface area contributed by atoms with Crippen LogP contribution in [0.2, 0.25) is 0 Å². The van der Waals surface area contributed by atoms with Gasteiger partial charge in [-0.3, -0.25) is 9.48 Å². The monoisotopic (exact) mass is 224 g/mol. The summed E-state index contributed by atoms with van der Waals surface area (Å²) in [6.07, 6.45) is 3.94. The molecular formula is C10H16N4O2. The van der Waals surface area contributed by atoms with Crippen LogP contribution in [0.5, 0.6) is 0 Å². The fraction of sp³-hybridized carbons (Fsp3) is 0.600. The molecule has 1 fully saturated rings. The zero-order chi connectivity index (χ0) is 11.6. The van der Waals surface area contributed by atoms with E-state index in [1.807, 2.05) is 6.92 Å². The van der Waals surface area contributed by atoms with Crippen LogP contribution in [-0.2, 0) is 16.1 Å². The van der Waals surface area contributed by atoms with Gasteiger partial charge in [0.2, 0.25) is 5.91 Å². The van der Waals surface area contributed by atoms with Crippen molar-refractivity contribution >= 4 is 11.6 Å². The Hall–Kier alpha value is -1.40. The third kappa shape index (κ3) is 2.07. The molecule has 0 saturated carbocycles. The van der Waals surface area contributed by atoms with E-state index in [9.17, 15) is 4.79 Å². The first-order chi connectivity index (χ1) is 7.64. The van der Waals surface area contributed by atoms with Gasteiger partial charge in [-0.25, -0.2) is 0 Å². The van der Waals surface area contributed by atoms with Crippen LogP contribution in [0.15, 0.2) is 12.4 Å². The highest BCUT2D eigenvalue weighted by molar-refractivity contribution is 5.98. The molecule has 1 aliphatic rings. The quantitative estimate of drug-likeness (QED) is 0.754. The molecule has 1 amide bonds. The SMILES string of the molecule is CCn1cc(NC(=O)C2(N)CCOC2)cn1. The van der Waals surface area contributed by atoms with Gasteiger partial charge in [-0.15, -0.1) is 0 Å². The summed E-state index contributed by atoms with van der Waals surface area (Å²) in [6, 6.07) is 0. The van der Waals surface area contributed by atoms with Crippen LogP contribution in [0.4, 0.5) is 5.69 Å². The molecule has 88 valence electrons. The number of carbonyl (C=O) groups is 1. The minimum absolute atomic E-state index is 0.208. The average molecular weight is 224 g/mol. The summed E-state index contributed by atoms with van der Waals surface area (Å²) in [4.78, 5) is 11.9. The zero-order valence-electron chi connectivity index (χ0n) is 9.27. The summed E-state index contributed by atoms with van der Waals surface area (Å²) in [5.74, 6) is -0.208. The number of anilines is 1. The molecule has 0 bridgehead atoms. The highest BCUT2D eigenvalue weighted by Crippen LogP contribution is 2.18. The van der Waals surface area contributed by atoms with Gasteiger partial charge in [0.05, 0.1) is 18.5 Å². The first kappa shape index (κ1) is 11.1. The zero-order valence-corrected chi connectivity index (χ0v) is 9.27. The summed E-state index contributed by atoms with van der Waals surface area (Å²) < 4.78 is 6.88. The van der Waals surface area contributed by atoms with Gasteiger partial charge in [0.15, 0.2) is 0 Å². The Morgan fingerprint density at radius 1 is 1.81 bits per heavy atom. The van der Waals surface area contributed by atoms with E-state index in [0.29, 0.717) is 18.7 Å². The fourth-order valence-electron chi connectivity index (χ4n) is 1.62. The van der Waals surface area contributed by atoms with E-state index in [-0.39, 0.29) is 12.5 Å². The van der Waals surface area contributed by atoms with E-state index in [4.69, 9.17) is 10.5 Å². The molecule has 1 saturated heterocycles. The second kappa shape index (κ2) is 4.23. The molecule has 1 aromatic rings. The summed E-state index contributed by atoms with van der Waals surface area (Å²) >= 11 is 0. The molecule has 0 aliphatic carbocycles. The molecule has 3 N–H and O–H groups in total. The minimum atomic E-state index is -0.895. The fourth-order valence-corrected chi connectivity index (χ4v) is 1.62. The second-order valence-corrected chi connectivity index (χ2v) is 4.00. The second-order valence-electron chi connectivity index (χ2n) is 4.00. The van der Waals surface area contributed by atoms with Crippen LogP contribution in [0, 0.1) is 0 Å². The van der Waals surface area contributed by atoms with E-state index in [1.54, 1.807) is 17.1 Å². The lowest BCUT2D eigenvalue weighted by Crippen LogP contribution is -2.51. The third-order valence-corrected chi connectivity index (χ3v) is 2.72. The molecule has 1 aliphatic heterocycles. The molecule has 6 nitrogen and oxygen atoms in total. The Balaban J connectivity index is 2.01. The van der Waals surface area contributed by atoms with E-state index in [0.717, 1.165) is 6.54 Å². The molecule has 0 spiro atoms. The number of aromatic nitrogens is 2. The van der Waals surface area contributed by atoms with Crippen molar-refractivity contribution in [3.05, 3.63) is 12.4 Å². The van der Waals surface area contributed by atoms with Crippen molar-refractivity contribution in [2.24, 2.45) is 5.73 Å². The Kier molecular flexibility index (Phi) is 2.93. The maximum Gasteiger partial charge on any atom is 0.247 e. The third-order valence-electron chi connectivity index (χ3n) is 2.72. The lowest BCUT2D eigenvalue weighted by molar-refractivity contribution is -0.121. The first-order valence-corrected chi connectivity index (χ1v) is 5.34. The predicted molar refractivity (Wildman–Crippen MR) is 58.9 cm³/mol. The van der Waals surface area contributed by atoms with E-state index in [1.165, 1.54) is 0 Å². The predicted octanol–water partition coefficient (Wildman–Crippen LogP) is -0.0407. The molecule has 1 unspecified atom stereocenters. The van der Waals surface area contributed by atoms with Crippen LogP contribution in [0.3, 0.4) is 0 Å². The largest absolute Gasteiger partial charge is 0.379 e. The maximum atomic E-state index is 11.9. The van der Waals surface area contributed by atoms with Gasteiger partial charge in [-0.1, -0.05) is 0 Å². The van der Waals surface area contributed by atoms with Gasteiger partial charge in [0.1, 0.15) is 5.54 Å². The number of aryl methyl sites for hydroxylation is 1. The Morgan fingerprint density at radius 2 is 2.62 bits per heavy atom. The van der Waals surface area contributed by atoms with Gasteiger partial charge in [-0.05, 0) is 13.3 Å². The molecule has 0 aromatic carbocycles. The van der Waals surface area contributed by atoms with Gasteiger partial charge < -0.3 is 15.8 Å². The number of nitrogens with one attached hydrogen (secondary N) is 1. The number of nitrogens with two attached hydrogens (primary N) is 1. The van der Waals surface area contributed by atoms with Gasteiger partial charge in [-0.2, -0.15) is 5.10 Å². The Labute approximate surface area is 93.8 Å². The van der Waals surface area contributed by atoms with Gasteiger partial charge in [0, 0.05) is 19.3 Å². The summed E-state index contributed by atoms with van der Waals surface area (Å²) in [5.41, 5.74) is 5.70. The highest BCUT2D eigenvalue weighted by Gasteiger charge is 2.38. The van der Waals surface area contributed by atoms with Crippen LogP contribution >= 0.6 is 0 Å². The molecule has 6 heteroatoms. The highest BCUT2D eigenvalue weighted by atomic mass is 16.5. The number of hydrogen-bond acceptors (Lipinski definition) is 4. The lowest BCUT2D eigenvalue weighted by Gasteiger charge is -2.19. The topological polar surface area (TPSA) is 82.2 Å². The number of hydrogen-bond donors (Lipinski definition) is 2. The van der Waals surface area contributed by atoms with Crippen molar-refractivity contribution in [1.82, 2.24) is 9.78 Å². The summed E-state index contributed by atoms with van der Waals surface area (Å²) in [5, 5.41) is 6.82. The van der Waals surface area contributed by atoms with Crippen molar-refractivity contribution in [3.8, 4) is 0 Å². The van der Waals surface area contributed by atoms with Crippen molar-refractivity contribution < 1.29 is 9.53 Å². The summed E-state index contributed by atoms with van der Waals surface area (Å²) in [6.45, 7) is 3.57. The number of rotatable bonds is 3.